The molecule has 0 aliphatic carbocycles. The van der Waals surface area contributed by atoms with Gasteiger partial charge in [-0.1, -0.05) is 11.6 Å². The molecule has 0 atom stereocenters. The molecule has 18 heavy (non-hydrogen) atoms. The molecule has 0 saturated carbocycles. The van der Waals surface area contributed by atoms with Crippen LogP contribution in [-0.4, -0.2) is 9.97 Å². The third-order valence-electron chi connectivity index (χ3n) is 2.69. The van der Waals surface area contributed by atoms with Gasteiger partial charge in [0.15, 0.2) is 0 Å². The van der Waals surface area contributed by atoms with Crippen LogP contribution in [-0.2, 0) is 0 Å². The second-order valence-corrected chi connectivity index (χ2v) is 4.07. The molecule has 0 amide bonds. The molecule has 2 aromatic heterocycles. The second-order valence-electron chi connectivity index (χ2n) is 4.07. The molecule has 0 aliphatic heterocycles. The molecule has 4 nitrogen and oxygen atoms in total. The normalized spacial score (nSPS) is 10.7. The Balaban J connectivity index is 2.29. The molecule has 0 spiro atoms. The van der Waals surface area contributed by atoms with Crippen LogP contribution in [0.2, 0.25) is 0 Å². The molecule has 0 unspecified atom stereocenters. The molecule has 2 heterocycles. The van der Waals surface area contributed by atoms with Crippen LogP contribution in [0.1, 0.15) is 5.56 Å². The van der Waals surface area contributed by atoms with Crippen LogP contribution in [0.4, 0.5) is 0 Å². The van der Waals surface area contributed by atoms with Gasteiger partial charge >= 0.3 is 5.63 Å². The first-order valence-corrected chi connectivity index (χ1v) is 5.56. The summed E-state index contributed by atoms with van der Waals surface area (Å²) in [6, 6.07) is 9.10. The van der Waals surface area contributed by atoms with Crippen LogP contribution >= 0.6 is 0 Å². The monoisotopic (exact) mass is 238 g/mol. The third kappa shape index (κ3) is 1.78. The van der Waals surface area contributed by atoms with Crippen LogP contribution in [0, 0.1) is 6.92 Å². The fraction of sp³-hybridized carbons (Fsp3) is 0.0714. The van der Waals surface area contributed by atoms with E-state index in [4.69, 9.17) is 4.42 Å². The Morgan fingerprint density at radius 2 is 2.11 bits per heavy atom. The number of fused-ring (bicyclic) bond motifs is 1. The van der Waals surface area contributed by atoms with Gasteiger partial charge in [0.05, 0.1) is 16.5 Å². The molecule has 3 aromatic rings. The summed E-state index contributed by atoms with van der Waals surface area (Å²) in [6.07, 6.45) is 3.28. The van der Waals surface area contributed by atoms with Crippen LogP contribution in [0.5, 0.6) is 0 Å². The molecule has 0 fully saturated rings. The number of hydrogen-bond acceptors (Lipinski definition) is 4. The van der Waals surface area contributed by atoms with Crippen LogP contribution in [0.3, 0.4) is 0 Å². The Kier molecular flexibility index (Phi) is 2.41. The molecule has 0 bridgehead atoms. The predicted molar refractivity (Wildman–Crippen MR) is 68.2 cm³/mol. The Morgan fingerprint density at radius 1 is 1.22 bits per heavy atom. The zero-order chi connectivity index (χ0) is 12.5. The van der Waals surface area contributed by atoms with E-state index in [0.29, 0.717) is 22.4 Å². The highest BCUT2D eigenvalue weighted by atomic mass is 16.4. The lowest BCUT2D eigenvalue weighted by molar-refractivity contribution is 0.518. The number of pyridine rings is 1. The molecule has 4 heteroatoms. The highest BCUT2D eigenvalue weighted by Gasteiger charge is 2.08. The van der Waals surface area contributed by atoms with Gasteiger partial charge in [-0.25, -0.2) is 9.78 Å². The number of aryl methyl sites for hydroxylation is 1. The highest BCUT2D eigenvalue weighted by molar-refractivity contribution is 5.79. The van der Waals surface area contributed by atoms with Crippen molar-refractivity contribution in [2.24, 2.45) is 0 Å². The molecule has 0 saturated heterocycles. The van der Waals surface area contributed by atoms with Gasteiger partial charge in [-0.3, -0.25) is 4.98 Å². The lowest BCUT2D eigenvalue weighted by Crippen LogP contribution is -2.03. The first kappa shape index (κ1) is 10.7. The Morgan fingerprint density at radius 3 is 2.89 bits per heavy atom. The van der Waals surface area contributed by atoms with Gasteiger partial charge in [-0.2, -0.15) is 0 Å². The lowest BCUT2D eigenvalue weighted by atomic mass is 10.2. The Hall–Kier alpha value is -2.49. The predicted octanol–water partition coefficient (Wildman–Crippen LogP) is 2.56. The topological polar surface area (TPSA) is 56.0 Å². The van der Waals surface area contributed by atoms with Gasteiger partial charge < -0.3 is 4.42 Å². The van der Waals surface area contributed by atoms with E-state index in [9.17, 15) is 4.79 Å². The van der Waals surface area contributed by atoms with Crippen molar-refractivity contribution in [3.05, 3.63) is 58.7 Å². The van der Waals surface area contributed by atoms with E-state index in [-0.39, 0.29) is 5.63 Å². The number of aromatic nitrogens is 2. The van der Waals surface area contributed by atoms with Gasteiger partial charge in [-0.15, -0.1) is 0 Å². The van der Waals surface area contributed by atoms with Gasteiger partial charge in [-0.05, 0) is 31.2 Å². The van der Waals surface area contributed by atoms with E-state index >= 15 is 0 Å². The molecule has 0 radical (unpaired) electrons. The largest absolute Gasteiger partial charge is 0.403 e. The maximum atomic E-state index is 11.9. The molecule has 0 aliphatic rings. The minimum Gasteiger partial charge on any atom is -0.403 e. The van der Waals surface area contributed by atoms with Gasteiger partial charge in [0.2, 0.25) is 5.89 Å². The van der Waals surface area contributed by atoms with E-state index in [1.54, 1.807) is 30.6 Å². The van der Waals surface area contributed by atoms with Crippen molar-refractivity contribution in [1.29, 1.82) is 0 Å². The Bertz CT molecular complexity index is 764. The first-order chi connectivity index (χ1) is 8.74. The van der Waals surface area contributed by atoms with Crippen molar-refractivity contribution in [3.63, 3.8) is 0 Å². The van der Waals surface area contributed by atoms with E-state index < -0.39 is 0 Å². The van der Waals surface area contributed by atoms with Crippen molar-refractivity contribution in [2.75, 3.05) is 0 Å². The summed E-state index contributed by atoms with van der Waals surface area (Å²) >= 11 is 0. The summed E-state index contributed by atoms with van der Waals surface area (Å²) in [5.74, 6) is 0.296. The second kappa shape index (κ2) is 4.07. The molecule has 1 aromatic carbocycles. The average molecular weight is 238 g/mol. The quantitative estimate of drug-likeness (QED) is 0.653. The molecular formula is C14H10N2O2. The molecule has 0 N–H and O–H groups in total. The van der Waals surface area contributed by atoms with Crippen molar-refractivity contribution in [2.45, 2.75) is 6.92 Å². The number of rotatable bonds is 1. The summed E-state index contributed by atoms with van der Waals surface area (Å²) in [5, 5.41) is 0.502. The summed E-state index contributed by atoms with van der Waals surface area (Å²) in [5.41, 5.74) is 1.96. The van der Waals surface area contributed by atoms with E-state index in [1.807, 2.05) is 19.1 Å². The number of hydrogen-bond donors (Lipinski definition) is 0. The van der Waals surface area contributed by atoms with Crippen LogP contribution in [0.25, 0.3) is 22.4 Å². The third-order valence-corrected chi connectivity index (χ3v) is 2.69. The molecule has 88 valence electrons. The summed E-state index contributed by atoms with van der Waals surface area (Å²) < 4.78 is 5.22. The Labute approximate surface area is 103 Å². The standard InChI is InChI=1S/C14H10N2O2/c1-9-4-5-12-11(7-9)14(17)18-13(16-12)10-3-2-6-15-8-10/h2-8H,1H3. The first-order valence-electron chi connectivity index (χ1n) is 5.56. The smallest absolute Gasteiger partial charge is 0.347 e. The SMILES string of the molecule is Cc1ccc2nc(-c3cccnc3)oc(=O)c2c1. The van der Waals surface area contributed by atoms with Gasteiger partial charge in [0.25, 0.3) is 0 Å². The average Bonchev–Trinajstić information content (AvgIpc) is 2.40. The summed E-state index contributed by atoms with van der Waals surface area (Å²) in [6.45, 7) is 1.92. The molecular weight excluding hydrogens is 228 g/mol. The van der Waals surface area contributed by atoms with E-state index in [1.165, 1.54) is 0 Å². The maximum absolute atomic E-state index is 11.9. The van der Waals surface area contributed by atoms with Crippen molar-refractivity contribution < 1.29 is 4.42 Å². The van der Waals surface area contributed by atoms with Gasteiger partial charge in [0, 0.05) is 12.4 Å². The minimum atomic E-state index is -0.373. The summed E-state index contributed by atoms with van der Waals surface area (Å²) in [4.78, 5) is 20.2. The number of benzene rings is 1. The van der Waals surface area contributed by atoms with Gasteiger partial charge in [0.1, 0.15) is 0 Å². The van der Waals surface area contributed by atoms with E-state index in [0.717, 1.165) is 5.56 Å². The van der Waals surface area contributed by atoms with E-state index in [2.05, 4.69) is 9.97 Å². The highest BCUT2D eigenvalue weighted by Crippen LogP contribution is 2.17. The zero-order valence-electron chi connectivity index (χ0n) is 9.75. The van der Waals surface area contributed by atoms with Crippen molar-refractivity contribution >= 4 is 10.9 Å². The maximum Gasteiger partial charge on any atom is 0.347 e. The number of nitrogens with zero attached hydrogens (tertiary/aromatic N) is 2. The van der Waals surface area contributed by atoms with Crippen molar-refractivity contribution in [3.8, 4) is 11.5 Å². The van der Waals surface area contributed by atoms with Crippen LogP contribution < -0.4 is 5.63 Å². The minimum absolute atomic E-state index is 0.296. The van der Waals surface area contributed by atoms with Crippen LogP contribution in [0.15, 0.2) is 51.9 Å². The zero-order valence-corrected chi connectivity index (χ0v) is 9.75. The fourth-order valence-corrected chi connectivity index (χ4v) is 1.80. The summed E-state index contributed by atoms with van der Waals surface area (Å²) in [7, 11) is 0. The fourth-order valence-electron chi connectivity index (χ4n) is 1.80. The molecule has 3 rings (SSSR count). The lowest BCUT2D eigenvalue weighted by Gasteiger charge is -2.01. The van der Waals surface area contributed by atoms with Crippen molar-refractivity contribution in [1.82, 2.24) is 9.97 Å².